The number of anilines is 1. The second-order valence-electron chi connectivity index (χ2n) is 4.08. The molecule has 0 fully saturated rings. The number of hydrogen-bond donors (Lipinski definition) is 1. The van der Waals surface area contributed by atoms with Crippen LogP contribution < -0.4 is 5.32 Å². The van der Waals surface area contributed by atoms with Gasteiger partial charge in [0.05, 0.1) is 17.7 Å². The molecule has 0 unspecified atom stereocenters. The lowest BCUT2D eigenvalue weighted by molar-refractivity contribution is -0.139. The predicted molar refractivity (Wildman–Crippen MR) is 63.5 cm³/mol. The van der Waals surface area contributed by atoms with Crippen LogP contribution in [-0.2, 0) is 22.1 Å². The molecule has 1 aromatic carbocycles. The third-order valence-corrected chi connectivity index (χ3v) is 2.76. The largest absolute Gasteiger partial charge is 0.463 e. The summed E-state index contributed by atoms with van der Waals surface area (Å²) in [5, 5.41) is 2.70. The van der Waals surface area contributed by atoms with Gasteiger partial charge in [-0.3, -0.25) is 0 Å². The molecule has 3 nitrogen and oxygen atoms in total. The number of halogens is 3. The normalized spacial score (nSPS) is 14.2. The molecule has 0 bridgehead atoms. The topological polar surface area (TPSA) is 38.3 Å². The fourth-order valence-corrected chi connectivity index (χ4v) is 1.82. The molecule has 0 radical (unpaired) electrons. The van der Waals surface area contributed by atoms with Crippen molar-refractivity contribution in [2.45, 2.75) is 19.5 Å². The number of carbonyl (C=O) groups excluding carboxylic acids is 1. The molecular weight excluding hydrogens is 259 g/mol. The Morgan fingerprint density at radius 2 is 2.16 bits per heavy atom. The number of rotatable bonds is 2. The molecular formula is C13H12F3NO2. The van der Waals surface area contributed by atoms with Crippen LogP contribution in [0.3, 0.4) is 0 Å². The minimum Gasteiger partial charge on any atom is -0.463 e. The van der Waals surface area contributed by atoms with E-state index in [1.165, 1.54) is 12.3 Å². The number of hydrogen-bond acceptors (Lipinski definition) is 3. The molecule has 0 amide bonds. The first kappa shape index (κ1) is 13.5. The molecule has 1 aromatic rings. The van der Waals surface area contributed by atoms with Crippen LogP contribution in [0.1, 0.15) is 18.1 Å². The maximum Gasteiger partial charge on any atom is 0.416 e. The van der Waals surface area contributed by atoms with Crippen LogP contribution in [0.5, 0.6) is 0 Å². The molecule has 1 aliphatic heterocycles. The molecule has 19 heavy (non-hydrogen) atoms. The first-order valence-electron chi connectivity index (χ1n) is 5.74. The summed E-state index contributed by atoms with van der Waals surface area (Å²) in [4.78, 5) is 11.5. The lowest BCUT2D eigenvalue weighted by atomic mass is 9.99. The van der Waals surface area contributed by atoms with Crippen molar-refractivity contribution in [1.82, 2.24) is 0 Å². The Kier molecular flexibility index (Phi) is 3.50. The number of benzene rings is 1. The highest BCUT2D eigenvalue weighted by Crippen LogP contribution is 2.34. The smallest absolute Gasteiger partial charge is 0.416 e. The maximum absolute atomic E-state index is 12.5. The van der Waals surface area contributed by atoms with Crippen molar-refractivity contribution in [1.29, 1.82) is 0 Å². The van der Waals surface area contributed by atoms with Gasteiger partial charge in [0.2, 0.25) is 0 Å². The molecule has 2 rings (SSSR count). The van der Waals surface area contributed by atoms with Gasteiger partial charge in [-0.15, -0.1) is 0 Å². The molecule has 1 aliphatic rings. The van der Waals surface area contributed by atoms with Crippen molar-refractivity contribution in [3.63, 3.8) is 0 Å². The van der Waals surface area contributed by atoms with Crippen molar-refractivity contribution < 1.29 is 22.7 Å². The summed E-state index contributed by atoms with van der Waals surface area (Å²) in [6, 6.07) is 3.42. The first-order valence-corrected chi connectivity index (χ1v) is 5.74. The summed E-state index contributed by atoms with van der Waals surface area (Å²) in [5.74, 6) is -0.458. The van der Waals surface area contributed by atoms with Crippen LogP contribution in [0, 0.1) is 0 Å². The maximum atomic E-state index is 12.5. The number of alkyl halides is 3. The summed E-state index contributed by atoms with van der Waals surface area (Å²) in [6.45, 7) is 1.95. The monoisotopic (exact) mass is 271 g/mol. The van der Waals surface area contributed by atoms with Gasteiger partial charge in [-0.05, 0) is 24.6 Å². The standard InChI is InChI=1S/C13H12F3NO2/c1-2-19-12(18)9-5-8-3-4-10(13(14,15)16)6-11(8)17-7-9/h3-4,6-7,17H,2,5H2,1H3. The molecule has 1 N–H and O–H groups in total. The minimum absolute atomic E-state index is 0.260. The molecule has 0 aromatic heterocycles. The lowest BCUT2D eigenvalue weighted by Gasteiger charge is -2.19. The fourth-order valence-electron chi connectivity index (χ4n) is 1.82. The highest BCUT2D eigenvalue weighted by molar-refractivity contribution is 5.90. The van der Waals surface area contributed by atoms with Crippen LogP contribution >= 0.6 is 0 Å². The third kappa shape index (κ3) is 2.89. The van der Waals surface area contributed by atoms with E-state index < -0.39 is 17.7 Å². The zero-order valence-electron chi connectivity index (χ0n) is 10.2. The fraction of sp³-hybridized carbons (Fsp3) is 0.308. The van der Waals surface area contributed by atoms with Crippen LogP contribution in [0.25, 0.3) is 0 Å². The molecule has 0 saturated heterocycles. The Morgan fingerprint density at radius 1 is 1.42 bits per heavy atom. The Labute approximate surface area is 108 Å². The van der Waals surface area contributed by atoms with E-state index in [4.69, 9.17) is 4.74 Å². The summed E-state index contributed by atoms with van der Waals surface area (Å²) in [7, 11) is 0. The molecule has 0 atom stereocenters. The van der Waals surface area contributed by atoms with E-state index in [9.17, 15) is 18.0 Å². The predicted octanol–water partition coefficient (Wildman–Crippen LogP) is 3.12. The second kappa shape index (κ2) is 4.95. The molecule has 1 heterocycles. The number of carbonyl (C=O) groups is 1. The summed E-state index contributed by atoms with van der Waals surface area (Å²) < 4.78 is 42.5. The van der Waals surface area contributed by atoms with E-state index in [2.05, 4.69) is 5.32 Å². The molecule has 0 saturated carbocycles. The SMILES string of the molecule is CCOC(=O)C1=CNc2cc(C(F)(F)F)ccc2C1. The van der Waals surface area contributed by atoms with Crippen LogP contribution in [-0.4, -0.2) is 12.6 Å². The molecule has 0 aliphatic carbocycles. The van der Waals surface area contributed by atoms with Crippen molar-refractivity contribution >= 4 is 11.7 Å². The van der Waals surface area contributed by atoms with Gasteiger partial charge in [0.25, 0.3) is 0 Å². The minimum atomic E-state index is -4.37. The average molecular weight is 271 g/mol. The molecule has 102 valence electrons. The van der Waals surface area contributed by atoms with Crippen molar-refractivity contribution in [2.75, 3.05) is 11.9 Å². The van der Waals surface area contributed by atoms with Gasteiger partial charge in [-0.2, -0.15) is 13.2 Å². The summed E-state index contributed by atoms with van der Waals surface area (Å²) in [5.41, 5.74) is 0.683. The quantitative estimate of drug-likeness (QED) is 0.840. The van der Waals surface area contributed by atoms with E-state index in [0.29, 0.717) is 16.8 Å². The first-order chi connectivity index (χ1) is 8.91. The molecule has 0 spiro atoms. The van der Waals surface area contributed by atoms with E-state index in [1.54, 1.807) is 6.92 Å². The van der Waals surface area contributed by atoms with Gasteiger partial charge in [0, 0.05) is 18.3 Å². The van der Waals surface area contributed by atoms with E-state index >= 15 is 0 Å². The highest BCUT2D eigenvalue weighted by Gasteiger charge is 2.31. The summed E-state index contributed by atoms with van der Waals surface area (Å²) >= 11 is 0. The third-order valence-electron chi connectivity index (χ3n) is 2.76. The Morgan fingerprint density at radius 3 is 2.79 bits per heavy atom. The van der Waals surface area contributed by atoms with Gasteiger partial charge >= 0.3 is 12.1 Å². The van der Waals surface area contributed by atoms with Crippen LogP contribution in [0.15, 0.2) is 30.0 Å². The van der Waals surface area contributed by atoms with Gasteiger partial charge < -0.3 is 10.1 Å². The van der Waals surface area contributed by atoms with Crippen LogP contribution in [0.2, 0.25) is 0 Å². The Balaban J connectivity index is 2.22. The highest BCUT2D eigenvalue weighted by atomic mass is 19.4. The van der Waals surface area contributed by atoms with E-state index in [-0.39, 0.29) is 13.0 Å². The van der Waals surface area contributed by atoms with Gasteiger partial charge in [0.15, 0.2) is 0 Å². The average Bonchev–Trinajstić information content (AvgIpc) is 2.36. The van der Waals surface area contributed by atoms with Gasteiger partial charge in [-0.25, -0.2) is 4.79 Å². The van der Waals surface area contributed by atoms with Crippen molar-refractivity contribution in [3.05, 3.63) is 41.1 Å². The Hall–Kier alpha value is -1.98. The zero-order valence-corrected chi connectivity index (χ0v) is 10.2. The van der Waals surface area contributed by atoms with Crippen molar-refractivity contribution in [2.24, 2.45) is 0 Å². The Bertz CT molecular complexity index is 535. The van der Waals surface area contributed by atoms with Crippen molar-refractivity contribution in [3.8, 4) is 0 Å². The van der Waals surface area contributed by atoms with Gasteiger partial charge in [-0.1, -0.05) is 6.07 Å². The number of ether oxygens (including phenoxy) is 1. The summed E-state index contributed by atoms with van der Waals surface area (Å²) in [6.07, 6.45) is -2.72. The van der Waals surface area contributed by atoms with Gasteiger partial charge in [0.1, 0.15) is 0 Å². The lowest BCUT2D eigenvalue weighted by Crippen LogP contribution is -2.16. The second-order valence-corrected chi connectivity index (χ2v) is 4.08. The zero-order chi connectivity index (χ0) is 14.0. The number of fused-ring (bicyclic) bond motifs is 1. The van der Waals surface area contributed by atoms with E-state index in [1.807, 2.05) is 0 Å². The number of esters is 1. The molecule has 6 heteroatoms. The number of nitrogens with one attached hydrogen (secondary N) is 1. The van der Waals surface area contributed by atoms with Crippen LogP contribution in [0.4, 0.5) is 18.9 Å². The van der Waals surface area contributed by atoms with E-state index in [0.717, 1.165) is 12.1 Å².